The van der Waals surface area contributed by atoms with Crippen molar-refractivity contribution in [2.75, 3.05) is 39.3 Å². The van der Waals surface area contributed by atoms with Crippen LogP contribution < -0.4 is 5.32 Å². The van der Waals surface area contributed by atoms with Gasteiger partial charge in [-0.3, -0.25) is 4.99 Å². The van der Waals surface area contributed by atoms with Crippen molar-refractivity contribution in [2.24, 2.45) is 4.99 Å². The maximum atomic E-state index is 12.2. The van der Waals surface area contributed by atoms with Crippen LogP contribution in [0.4, 0.5) is 4.79 Å². The molecular weight excluding hydrogens is 447 g/mol. The molecule has 0 spiro atoms. The Morgan fingerprint density at radius 3 is 2.85 bits per heavy atom. The number of hydrogen-bond donors (Lipinski definition) is 1. The fourth-order valence-electron chi connectivity index (χ4n) is 3.60. The first-order chi connectivity index (χ1) is 11.9. The number of fused-ring (bicyclic) bond motifs is 1. The van der Waals surface area contributed by atoms with E-state index >= 15 is 0 Å². The lowest BCUT2D eigenvalue weighted by Gasteiger charge is -2.39. The van der Waals surface area contributed by atoms with E-state index in [1.165, 1.54) is 19.3 Å². The van der Waals surface area contributed by atoms with E-state index in [0.717, 1.165) is 38.6 Å². The Kier molecular flexibility index (Phi) is 7.81. The molecule has 3 aliphatic heterocycles. The second-order valence-corrected chi connectivity index (χ2v) is 8.14. The average Bonchev–Trinajstić information content (AvgIpc) is 2.97. The highest BCUT2D eigenvalue weighted by molar-refractivity contribution is 14.0. The van der Waals surface area contributed by atoms with E-state index in [4.69, 9.17) is 9.47 Å². The molecule has 0 radical (unpaired) electrons. The molecule has 0 saturated carbocycles. The summed E-state index contributed by atoms with van der Waals surface area (Å²) in [4.78, 5) is 21.0. The van der Waals surface area contributed by atoms with Crippen LogP contribution in [0.5, 0.6) is 0 Å². The van der Waals surface area contributed by atoms with Gasteiger partial charge in [-0.2, -0.15) is 0 Å². The molecule has 0 aliphatic carbocycles. The number of aliphatic imine (C=N–C) groups is 1. The molecule has 0 aromatic carbocycles. The van der Waals surface area contributed by atoms with Crippen molar-refractivity contribution >= 4 is 36.0 Å². The molecule has 0 bridgehead atoms. The Morgan fingerprint density at radius 1 is 1.35 bits per heavy atom. The molecule has 150 valence electrons. The van der Waals surface area contributed by atoms with Gasteiger partial charge in [-0.25, -0.2) is 4.79 Å². The molecular formula is C18H33IN4O3. The first-order valence-electron chi connectivity index (χ1n) is 9.57. The van der Waals surface area contributed by atoms with Crippen LogP contribution in [0.15, 0.2) is 4.99 Å². The van der Waals surface area contributed by atoms with Crippen molar-refractivity contribution in [3.05, 3.63) is 0 Å². The molecule has 2 saturated heterocycles. The van der Waals surface area contributed by atoms with Crippen molar-refractivity contribution in [2.45, 2.75) is 64.2 Å². The third-order valence-electron chi connectivity index (χ3n) is 4.88. The predicted octanol–water partition coefficient (Wildman–Crippen LogP) is 2.44. The van der Waals surface area contributed by atoms with E-state index < -0.39 is 5.60 Å². The summed E-state index contributed by atoms with van der Waals surface area (Å²) in [6, 6.07) is 0.259. The van der Waals surface area contributed by atoms with E-state index in [9.17, 15) is 4.79 Å². The summed E-state index contributed by atoms with van der Waals surface area (Å²) in [6.07, 6.45) is 4.85. The third kappa shape index (κ3) is 5.87. The number of hydrogen-bond acceptors (Lipinski definition) is 6. The fraction of sp³-hybridized carbons (Fsp3) is 0.889. The maximum Gasteiger partial charge on any atom is 0.410 e. The maximum absolute atomic E-state index is 12.2. The zero-order valence-corrected chi connectivity index (χ0v) is 18.5. The van der Waals surface area contributed by atoms with Gasteiger partial charge in [-0.05, 0) is 46.5 Å². The number of guanidine groups is 1. The Balaban J connectivity index is 0.00000243. The van der Waals surface area contributed by atoms with Crippen LogP contribution in [0.25, 0.3) is 0 Å². The molecule has 3 aliphatic rings. The van der Waals surface area contributed by atoms with E-state index in [-0.39, 0.29) is 36.1 Å². The van der Waals surface area contributed by atoms with Crippen molar-refractivity contribution in [3.63, 3.8) is 0 Å². The smallest absolute Gasteiger partial charge is 0.410 e. The highest BCUT2D eigenvalue weighted by Crippen LogP contribution is 2.19. The number of ether oxygens (including phenoxy) is 2. The quantitative estimate of drug-likeness (QED) is 0.629. The average molecular weight is 480 g/mol. The van der Waals surface area contributed by atoms with E-state index in [1.54, 1.807) is 4.90 Å². The molecule has 2 unspecified atom stereocenters. The number of carbonyl (C=O) groups is 1. The topological polar surface area (TPSA) is 66.4 Å². The molecule has 2 fully saturated rings. The minimum atomic E-state index is -0.450. The molecule has 0 aromatic rings. The molecule has 3 rings (SSSR count). The number of rotatable bonds is 3. The van der Waals surface area contributed by atoms with Gasteiger partial charge in [0.05, 0.1) is 18.7 Å². The van der Waals surface area contributed by atoms with E-state index in [0.29, 0.717) is 19.2 Å². The molecule has 0 aromatic heterocycles. The van der Waals surface area contributed by atoms with Gasteiger partial charge in [0.15, 0.2) is 5.96 Å². The number of halogens is 1. The highest BCUT2D eigenvalue weighted by atomic mass is 127. The summed E-state index contributed by atoms with van der Waals surface area (Å²) < 4.78 is 11.3. The van der Waals surface area contributed by atoms with Crippen LogP contribution in [-0.2, 0) is 9.47 Å². The summed E-state index contributed by atoms with van der Waals surface area (Å²) >= 11 is 0. The van der Waals surface area contributed by atoms with Crippen LogP contribution in [0, 0.1) is 0 Å². The zero-order valence-electron chi connectivity index (χ0n) is 16.2. The minimum absolute atomic E-state index is 0. The van der Waals surface area contributed by atoms with Crippen molar-refractivity contribution in [1.82, 2.24) is 15.1 Å². The van der Waals surface area contributed by atoms with Crippen LogP contribution in [-0.4, -0.2) is 78.9 Å². The zero-order chi connectivity index (χ0) is 17.9. The standard InChI is InChI=1S/C18H32N4O3.HI/c1-18(2,3)25-17(23)21-9-10-22-14(13-21)12-20-16(22)19-8-7-15-6-4-5-11-24-15;/h14-15H,4-13H2,1-3H3,(H,19,20);1H. The number of piperazine rings is 1. The van der Waals surface area contributed by atoms with Crippen LogP contribution in [0.1, 0.15) is 46.5 Å². The van der Waals surface area contributed by atoms with Gasteiger partial charge < -0.3 is 24.6 Å². The lowest BCUT2D eigenvalue weighted by Crippen LogP contribution is -2.57. The molecule has 3 heterocycles. The van der Waals surface area contributed by atoms with Gasteiger partial charge >= 0.3 is 6.09 Å². The third-order valence-corrected chi connectivity index (χ3v) is 4.88. The van der Waals surface area contributed by atoms with Gasteiger partial charge in [0.2, 0.25) is 0 Å². The van der Waals surface area contributed by atoms with Crippen LogP contribution in [0.2, 0.25) is 0 Å². The molecule has 8 heteroatoms. The lowest BCUT2D eigenvalue weighted by molar-refractivity contribution is 0.0110. The number of amides is 1. The summed E-state index contributed by atoms with van der Waals surface area (Å²) in [6.45, 7) is 10.4. The number of nitrogens with zero attached hydrogens (tertiary/aromatic N) is 3. The lowest BCUT2D eigenvalue weighted by atomic mass is 10.1. The summed E-state index contributed by atoms with van der Waals surface area (Å²) in [5.74, 6) is 0.977. The number of nitrogens with one attached hydrogen (secondary N) is 1. The predicted molar refractivity (Wildman–Crippen MR) is 112 cm³/mol. The molecule has 7 nitrogen and oxygen atoms in total. The minimum Gasteiger partial charge on any atom is -0.444 e. The van der Waals surface area contributed by atoms with E-state index in [1.807, 2.05) is 20.8 Å². The SMILES string of the molecule is CC(C)(C)OC(=O)N1CCN2C(NCCC3CCCCO3)=NCC2C1.I. The summed E-state index contributed by atoms with van der Waals surface area (Å²) in [7, 11) is 0. The first-order valence-corrected chi connectivity index (χ1v) is 9.57. The van der Waals surface area contributed by atoms with Crippen LogP contribution >= 0.6 is 24.0 Å². The van der Waals surface area contributed by atoms with Gasteiger partial charge in [-0.1, -0.05) is 0 Å². The second kappa shape index (κ2) is 9.43. The Hall–Kier alpha value is -0.770. The van der Waals surface area contributed by atoms with Gasteiger partial charge in [0, 0.05) is 32.8 Å². The Morgan fingerprint density at radius 2 is 2.15 bits per heavy atom. The summed E-state index contributed by atoms with van der Waals surface area (Å²) in [5, 5.41) is 3.47. The highest BCUT2D eigenvalue weighted by Gasteiger charge is 2.36. The van der Waals surface area contributed by atoms with Gasteiger partial charge in [0.25, 0.3) is 0 Å². The molecule has 26 heavy (non-hydrogen) atoms. The summed E-state index contributed by atoms with van der Waals surface area (Å²) in [5.41, 5.74) is -0.450. The van der Waals surface area contributed by atoms with Gasteiger partial charge in [0.1, 0.15) is 5.60 Å². The molecule has 1 N–H and O–H groups in total. The molecule has 2 atom stereocenters. The van der Waals surface area contributed by atoms with Crippen molar-refractivity contribution in [3.8, 4) is 0 Å². The van der Waals surface area contributed by atoms with E-state index in [2.05, 4.69) is 15.2 Å². The Bertz CT molecular complexity index is 503. The largest absolute Gasteiger partial charge is 0.444 e. The first kappa shape index (κ1) is 21.5. The van der Waals surface area contributed by atoms with Gasteiger partial charge in [-0.15, -0.1) is 24.0 Å². The Labute approximate surface area is 173 Å². The monoisotopic (exact) mass is 480 g/mol. The number of carbonyl (C=O) groups excluding carboxylic acids is 1. The van der Waals surface area contributed by atoms with Crippen molar-refractivity contribution in [1.29, 1.82) is 0 Å². The van der Waals surface area contributed by atoms with Crippen LogP contribution in [0.3, 0.4) is 0 Å². The molecule has 1 amide bonds. The second-order valence-electron chi connectivity index (χ2n) is 8.14. The normalized spacial score (nSPS) is 25.9. The fourth-order valence-corrected chi connectivity index (χ4v) is 3.60. The van der Waals surface area contributed by atoms with Crippen molar-refractivity contribution < 1.29 is 14.3 Å².